The Bertz CT molecular complexity index is 846. The van der Waals surface area contributed by atoms with Crippen molar-refractivity contribution in [3.05, 3.63) is 67.7 Å². The number of aromatic nitrogens is 2. The molecule has 1 aromatic carbocycles. The second kappa shape index (κ2) is 4.40. The Morgan fingerprint density at radius 2 is 1.95 bits per heavy atom. The zero-order chi connectivity index (χ0) is 13.4. The lowest BCUT2D eigenvalue weighted by molar-refractivity contribution is 0.162. The molecule has 0 saturated heterocycles. The predicted octanol–water partition coefficient (Wildman–Crippen LogP) is 1.58. The summed E-state index contributed by atoms with van der Waals surface area (Å²) in [4.78, 5) is 26.9. The van der Waals surface area contributed by atoms with Gasteiger partial charge in [0.15, 0.2) is 0 Å². The highest BCUT2D eigenvalue weighted by atomic mass is 32.1. The minimum absolute atomic E-state index is 0.0986. The van der Waals surface area contributed by atoms with E-state index in [1.807, 2.05) is 30.3 Å². The Kier molecular flexibility index (Phi) is 2.72. The van der Waals surface area contributed by atoms with Crippen molar-refractivity contribution in [3.8, 4) is 0 Å². The van der Waals surface area contributed by atoms with Crippen molar-refractivity contribution in [1.82, 2.24) is 9.71 Å². The van der Waals surface area contributed by atoms with Gasteiger partial charge in [-0.15, -0.1) is 11.3 Å². The number of H-pyrrole nitrogens is 1. The molecule has 96 valence electrons. The van der Waals surface area contributed by atoms with E-state index in [0.717, 1.165) is 10.4 Å². The molecule has 2 heterocycles. The lowest BCUT2D eigenvalue weighted by atomic mass is 10.1. The van der Waals surface area contributed by atoms with Crippen molar-refractivity contribution in [1.29, 1.82) is 0 Å². The van der Waals surface area contributed by atoms with Crippen LogP contribution in [0.4, 0.5) is 0 Å². The Morgan fingerprint density at radius 1 is 1.21 bits per heavy atom. The third kappa shape index (κ3) is 2.06. The number of benzene rings is 1. The zero-order valence-corrected chi connectivity index (χ0v) is 10.6. The Morgan fingerprint density at radius 3 is 2.68 bits per heavy atom. The molecule has 0 unspecified atom stereocenters. The standard InChI is InChI=1S/C13H10N2O3S/c16-12-10-7-9(6-8-4-2-1-3-5-8)19-11(10)14-13(17)15(12)18/h1-5,7,18H,6H2,(H,14,17). The van der Waals surface area contributed by atoms with Crippen molar-refractivity contribution in [2.24, 2.45) is 0 Å². The van der Waals surface area contributed by atoms with E-state index in [9.17, 15) is 14.8 Å². The maximum Gasteiger partial charge on any atom is 0.362 e. The third-order valence-electron chi connectivity index (χ3n) is 2.84. The second-order valence-corrected chi connectivity index (χ2v) is 5.30. The minimum atomic E-state index is -0.814. The fourth-order valence-corrected chi connectivity index (χ4v) is 3.01. The quantitative estimate of drug-likeness (QED) is 0.697. The Hall–Kier alpha value is -2.34. The predicted molar refractivity (Wildman–Crippen MR) is 73.1 cm³/mol. The number of nitrogens with one attached hydrogen (secondary N) is 1. The van der Waals surface area contributed by atoms with E-state index in [1.54, 1.807) is 6.07 Å². The lowest BCUT2D eigenvalue weighted by Gasteiger charge is -1.96. The van der Waals surface area contributed by atoms with Crippen molar-refractivity contribution < 1.29 is 5.21 Å². The van der Waals surface area contributed by atoms with Gasteiger partial charge in [-0.05, 0) is 11.6 Å². The number of aromatic amines is 1. The van der Waals surface area contributed by atoms with E-state index in [0.29, 0.717) is 16.6 Å². The van der Waals surface area contributed by atoms with Gasteiger partial charge in [-0.1, -0.05) is 35.1 Å². The van der Waals surface area contributed by atoms with Crippen LogP contribution in [0.3, 0.4) is 0 Å². The molecule has 0 fully saturated rings. The normalized spacial score (nSPS) is 10.9. The molecule has 3 rings (SSSR count). The summed E-state index contributed by atoms with van der Waals surface area (Å²) in [6.07, 6.45) is 0.688. The summed E-state index contributed by atoms with van der Waals surface area (Å²) in [6.45, 7) is 0. The fourth-order valence-electron chi connectivity index (χ4n) is 1.93. The number of hydrogen-bond donors (Lipinski definition) is 2. The highest BCUT2D eigenvalue weighted by Crippen LogP contribution is 2.22. The van der Waals surface area contributed by atoms with Gasteiger partial charge in [-0.25, -0.2) is 4.79 Å². The van der Waals surface area contributed by atoms with Gasteiger partial charge in [0, 0.05) is 11.3 Å². The number of hydrogen-bond acceptors (Lipinski definition) is 4. The summed E-state index contributed by atoms with van der Waals surface area (Å²) in [6, 6.07) is 11.5. The van der Waals surface area contributed by atoms with Gasteiger partial charge in [0.05, 0.1) is 5.39 Å². The first-order valence-corrected chi connectivity index (χ1v) is 6.48. The van der Waals surface area contributed by atoms with Crippen LogP contribution in [0.15, 0.2) is 46.0 Å². The second-order valence-electron chi connectivity index (χ2n) is 4.16. The summed E-state index contributed by atoms with van der Waals surface area (Å²) in [7, 11) is 0. The van der Waals surface area contributed by atoms with Crippen molar-refractivity contribution in [2.75, 3.05) is 0 Å². The number of thiophene rings is 1. The molecule has 3 aromatic rings. The Labute approximate surface area is 111 Å². The van der Waals surface area contributed by atoms with Gasteiger partial charge >= 0.3 is 5.69 Å². The molecule has 0 radical (unpaired) electrons. The van der Waals surface area contributed by atoms with Gasteiger partial charge < -0.3 is 5.21 Å². The fraction of sp³-hybridized carbons (Fsp3) is 0.0769. The molecule has 2 aromatic heterocycles. The number of rotatable bonds is 2. The van der Waals surface area contributed by atoms with Crippen LogP contribution in [0.1, 0.15) is 10.4 Å². The van der Waals surface area contributed by atoms with Crippen LogP contribution in [0.25, 0.3) is 10.2 Å². The highest BCUT2D eigenvalue weighted by molar-refractivity contribution is 7.18. The van der Waals surface area contributed by atoms with E-state index >= 15 is 0 Å². The lowest BCUT2D eigenvalue weighted by Crippen LogP contribution is -2.32. The minimum Gasteiger partial charge on any atom is -0.421 e. The third-order valence-corrected chi connectivity index (χ3v) is 3.89. The number of nitrogens with zero attached hydrogens (tertiary/aromatic N) is 1. The molecular formula is C13H10N2O3S. The molecule has 0 atom stereocenters. The highest BCUT2D eigenvalue weighted by Gasteiger charge is 2.10. The molecule has 6 heteroatoms. The average molecular weight is 274 g/mol. The van der Waals surface area contributed by atoms with E-state index in [4.69, 9.17) is 0 Å². The molecule has 2 N–H and O–H groups in total. The topological polar surface area (TPSA) is 75.1 Å². The van der Waals surface area contributed by atoms with Crippen LogP contribution in [0, 0.1) is 0 Å². The molecule has 0 aliphatic carbocycles. The molecule has 0 bridgehead atoms. The van der Waals surface area contributed by atoms with E-state index < -0.39 is 11.2 Å². The first kappa shape index (κ1) is 11.7. The molecule has 0 amide bonds. The Balaban J connectivity index is 2.10. The van der Waals surface area contributed by atoms with Gasteiger partial charge in [-0.3, -0.25) is 9.78 Å². The molecule has 19 heavy (non-hydrogen) atoms. The van der Waals surface area contributed by atoms with Crippen molar-refractivity contribution in [3.63, 3.8) is 0 Å². The summed E-state index contributed by atoms with van der Waals surface area (Å²) >= 11 is 1.35. The van der Waals surface area contributed by atoms with Gasteiger partial charge in [0.1, 0.15) is 4.83 Å². The summed E-state index contributed by atoms with van der Waals surface area (Å²) in [5, 5.41) is 9.60. The molecule has 0 aliphatic rings. The van der Waals surface area contributed by atoms with Gasteiger partial charge in [0.2, 0.25) is 0 Å². The van der Waals surface area contributed by atoms with Crippen molar-refractivity contribution in [2.45, 2.75) is 6.42 Å². The van der Waals surface area contributed by atoms with E-state index in [2.05, 4.69) is 4.98 Å². The SMILES string of the molecule is O=c1[nH]c2sc(Cc3ccccc3)cc2c(=O)n1O. The molecule has 0 aliphatic heterocycles. The molecule has 0 saturated carbocycles. The van der Waals surface area contributed by atoms with Crippen LogP contribution < -0.4 is 11.2 Å². The van der Waals surface area contributed by atoms with E-state index in [1.165, 1.54) is 11.3 Å². The van der Waals surface area contributed by atoms with Crippen LogP contribution in [0.5, 0.6) is 0 Å². The summed E-state index contributed by atoms with van der Waals surface area (Å²) < 4.78 is 0.0986. The zero-order valence-electron chi connectivity index (χ0n) is 9.79. The number of fused-ring (bicyclic) bond motifs is 1. The van der Waals surface area contributed by atoms with Crippen molar-refractivity contribution >= 4 is 21.6 Å². The first-order valence-electron chi connectivity index (χ1n) is 5.66. The molecule has 0 spiro atoms. The summed E-state index contributed by atoms with van der Waals surface area (Å²) in [5.41, 5.74) is -0.374. The largest absolute Gasteiger partial charge is 0.421 e. The maximum atomic E-state index is 11.7. The van der Waals surface area contributed by atoms with Crippen LogP contribution in [0.2, 0.25) is 0 Å². The summed E-state index contributed by atoms with van der Waals surface area (Å²) in [5.74, 6) is 0. The smallest absolute Gasteiger partial charge is 0.362 e. The van der Waals surface area contributed by atoms with Gasteiger partial charge in [0.25, 0.3) is 5.56 Å². The van der Waals surface area contributed by atoms with Crippen LogP contribution >= 0.6 is 11.3 Å². The van der Waals surface area contributed by atoms with Gasteiger partial charge in [-0.2, -0.15) is 0 Å². The van der Waals surface area contributed by atoms with E-state index in [-0.39, 0.29) is 4.73 Å². The average Bonchev–Trinajstić information content (AvgIpc) is 2.80. The van der Waals surface area contributed by atoms with Crippen LogP contribution in [-0.2, 0) is 6.42 Å². The van der Waals surface area contributed by atoms with Crippen LogP contribution in [-0.4, -0.2) is 14.9 Å². The monoisotopic (exact) mass is 274 g/mol. The molecule has 5 nitrogen and oxygen atoms in total. The first-order chi connectivity index (χ1) is 9.15. The molecular weight excluding hydrogens is 264 g/mol. The maximum absolute atomic E-state index is 11.7.